The summed E-state index contributed by atoms with van der Waals surface area (Å²) in [5, 5.41) is 3.47. The van der Waals surface area contributed by atoms with E-state index in [1.165, 1.54) is 45.6 Å². The van der Waals surface area contributed by atoms with E-state index in [0.717, 1.165) is 64.6 Å². The van der Waals surface area contributed by atoms with Crippen LogP contribution < -0.4 is 5.32 Å². The maximum absolute atomic E-state index is 5.98. The molecule has 7 nitrogen and oxygen atoms in total. The van der Waals surface area contributed by atoms with E-state index < -0.39 is 0 Å². The highest BCUT2D eigenvalue weighted by atomic mass is 16.5. The zero-order valence-corrected chi connectivity index (χ0v) is 18.5. The average molecular weight is 398 g/mol. The van der Waals surface area contributed by atoms with Gasteiger partial charge >= 0.3 is 0 Å². The first-order chi connectivity index (χ1) is 13.7. The first-order valence-corrected chi connectivity index (χ1v) is 11.3. The van der Waals surface area contributed by atoms with Crippen molar-refractivity contribution in [1.82, 2.24) is 20.0 Å². The third-order valence-corrected chi connectivity index (χ3v) is 5.66. The lowest BCUT2D eigenvalue weighted by Crippen LogP contribution is -2.47. The van der Waals surface area contributed by atoms with E-state index in [-0.39, 0.29) is 0 Å². The number of likely N-dealkylation sites (tertiary alicyclic amines) is 1. The number of hydrogen-bond acceptors (Lipinski definition) is 5. The van der Waals surface area contributed by atoms with Crippen LogP contribution in [0.5, 0.6) is 0 Å². The van der Waals surface area contributed by atoms with Crippen LogP contribution in [0.2, 0.25) is 0 Å². The summed E-state index contributed by atoms with van der Waals surface area (Å²) in [5.74, 6) is 1.08. The normalized spacial score (nSPS) is 20.7. The predicted octanol–water partition coefficient (Wildman–Crippen LogP) is 1.50. The number of likely N-dealkylation sites (N-methyl/N-ethyl adjacent to an activating group) is 1. The molecule has 0 aliphatic carbocycles. The van der Waals surface area contributed by atoms with Crippen molar-refractivity contribution in [3.8, 4) is 0 Å². The summed E-state index contributed by atoms with van der Waals surface area (Å²) in [4.78, 5) is 12.3. The molecule has 2 heterocycles. The Morgan fingerprint density at radius 2 is 1.75 bits per heavy atom. The fourth-order valence-corrected chi connectivity index (χ4v) is 3.82. The van der Waals surface area contributed by atoms with Crippen molar-refractivity contribution in [3.63, 3.8) is 0 Å². The topological polar surface area (TPSA) is 52.6 Å². The Balaban J connectivity index is 1.62. The van der Waals surface area contributed by atoms with Crippen molar-refractivity contribution in [2.45, 2.75) is 45.1 Å². The van der Waals surface area contributed by atoms with E-state index in [2.05, 4.69) is 34.0 Å². The van der Waals surface area contributed by atoms with Crippen LogP contribution in [0.1, 0.15) is 39.0 Å². The number of unbranched alkanes of at least 4 members (excludes halogenated alkanes) is 1. The van der Waals surface area contributed by atoms with Gasteiger partial charge in [0, 0.05) is 72.7 Å². The number of nitrogens with zero attached hydrogens (tertiary/aromatic N) is 4. The Hall–Kier alpha value is -0.890. The second-order valence-corrected chi connectivity index (χ2v) is 7.99. The molecule has 0 bridgehead atoms. The van der Waals surface area contributed by atoms with Gasteiger partial charge < -0.3 is 29.5 Å². The smallest absolute Gasteiger partial charge is 0.193 e. The molecule has 0 radical (unpaired) electrons. The van der Waals surface area contributed by atoms with Gasteiger partial charge in [-0.1, -0.05) is 0 Å². The van der Waals surface area contributed by atoms with Gasteiger partial charge in [-0.3, -0.25) is 4.99 Å². The largest absolute Gasteiger partial charge is 0.385 e. The molecule has 0 saturated carbocycles. The zero-order valence-electron chi connectivity index (χ0n) is 18.5. The van der Waals surface area contributed by atoms with Gasteiger partial charge in [0.1, 0.15) is 0 Å². The van der Waals surface area contributed by atoms with Crippen LogP contribution in [0.4, 0.5) is 0 Å². The minimum Gasteiger partial charge on any atom is -0.385 e. The number of rotatable bonds is 11. The Kier molecular flexibility index (Phi) is 11.8. The van der Waals surface area contributed by atoms with Crippen LogP contribution in [-0.2, 0) is 9.47 Å². The number of piperidine rings is 1. The lowest BCUT2D eigenvalue weighted by atomic mass is 10.1. The molecule has 0 unspecified atom stereocenters. The van der Waals surface area contributed by atoms with Gasteiger partial charge in [-0.25, -0.2) is 0 Å². The molecule has 0 aromatic heterocycles. The molecular weight excluding hydrogens is 354 g/mol. The summed E-state index contributed by atoms with van der Waals surface area (Å²) < 4.78 is 11.1. The van der Waals surface area contributed by atoms with Gasteiger partial charge in [0.25, 0.3) is 0 Å². The van der Waals surface area contributed by atoms with Crippen LogP contribution in [-0.4, -0.2) is 113 Å². The maximum Gasteiger partial charge on any atom is 0.193 e. The molecule has 0 spiro atoms. The Morgan fingerprint density at radius 1 is 1.00 bits per heavy atom. The summed E-state index contributed by atoms with van der Waals surface area (Å²) in [6.07, 6.45) is 5.94. The highest BCUT2D eigenvalue weighted by molar-refractivity contribution is 5.80. The average Bonchev–Trinajstić information content (AvgIpc) is 2.72. The van der Waals surface area contributed by atoms with E-state index in [4.69, 9.17) is 14.5 Å². The Morgan fingerprint density at radius 3 is 2.43 bits per heavy atom. The standard InChI is InChI=1S/C21H43N5O2/c1-4-22-21(23-10-5-6-11-25-16-14-24(2)15-17-25)26-12-8-20(9-13-26)28-19-7-18-27-3/h20H,4-19H2,1-3H3,(H,22,23). The number of ether oxygens (including phenoxy) is 2. The number of hydrogen-bond donors (Lipinski definition) is 1. The van der Waals surface area contributed by atoms with Crippen molar-refractivity contribution in [3.05, 3.63) is 0 Å². The van der Waals surface area contributed by atoms with E-state index in [9.17, 15) is 0 Å². The monoisotopic (exact) mass is 397 g/mol. The third-order valence-electron chi connectivity index (χ3n) is 5.66. The van der Waals surface area contributed by atoms with Crippen LogP contribution in [0, 0.1) is 0 Å². The quantitative estimate of drug-likeness (QED) is 0.324. The molecular formula is C21H43N5O2. The van der Waals surface area contributed by atoms with Gasteiger partial charge in [-0.05, 0) is 52.6 Å². The summed E-state index contributed by atoms with van der Waals surface area (Å²) in [6.45, 7) is 13.7. The van der Waals surface area contributed by atoms with Crippen LogP contribution in [0.3, 0.4) is 0 Å². The molecule has 28 heavy (non-hydrogen) atoms. The summed E-state index contributed by atoms with van der Waals surface area (Å²) in [5.41, 5.74) is 0. The van der Waals surface area contributed by atoms with Crippen LogP contribution >= 0.6 is 0 Å². The Labute approximate surface area is 172 Å². The van der Waals surface area contributed by atoms with Gasteiger partial charge in [0.2, 0.25) is 0 Å². The first kappa shape index (κ1) is 23.4. The van der Waals surface area contributed by atoms with Gasteiger partial charge in [-0.2, -0.15) is 0 Å². The highest BCUT2D eigenvalue weighted by Crippen LogP contribution is 2.14. The summed E-state index contributed by atoms with van der Waals surface area (Å²) in [7, 11) is 3.96. The third kappa shape index (κ3) is 9.07. The maximum atomic E-state index is 5.98. The number of methoxy groups -OCH3 is 1. The van der Waals surface area contributed by atoms with Crippen molar-refractivity contribution < 1.29 is 9.47 Å². The highest BCUT2D eigenvalue weighted by Gasteiger charge is 2.21. The van der Waals surface area contributed by atoms with Gasteiger partial charge in [0.15, 0.2) is 5.96 Å². The minimum absolute atomic E-state index is 0.388. The van der Waals surface area contributed by atoms with Crippen molar-refractivity contribution in [2.24, 2.45) is 4.99 Å². The van der Waals surface area contributed by atoms with E-state index >= 15 is 0 Å². The van der Waals surface area contributed by atoms with E-state index in [1.807, 2.05) is 0 Å². The lowest BCUT2D eigenvalue weighted by Gasteiger charge is -2.34. The lowest BCUT2D eigenvalue weighted by molar-refractivity contribution is 0.00990. The zero-order chi connectivity index (χ0) is 20.0. The van der Waals surface area contributed by atoms with Gasteiger partial charge in [-0.15, -0.1) is 0 Å². The predicted molar refractivity (Wildman–Crippen MR) is 116 cm³/mol. The molecule has 2 saturated heterocycles. The Bertz CT molecular complexity index is 419. The van der Waals surface area contributed by atoms with E-state index in [0.29, 0.717) is 6.10 Å². The molecule has 1 N–H and O–H groups in total. The second kappa shape index (κ2) is 14.1. The van der Waals surface area contributed by atoms with Crippen molar-refractivity contribution >= 4 is 5.96 Å². The summed E-state index contributed by atoms with van der Waals surface area (Å²) in [6, 6.07) is 0. The number of piperazine rings is 1. The van der Waals surface area contributed by atoms with Crippen LogP contribution in [0.15, 0.2) is 4.99 Å². The van der Waals surface area contributed by atoms with Gasteiger partial charge in [0.05, 0.1) is 6.10 Å². The number of guanidine groups is 1. The van der Waals surface area contributed by atoms with Crippen LogP contribution in [0.25, 0.3) is 0 Å². The molecule has 0 aromatic rings. The molecule has 0 aromatic carbocycles. The first-order valence-electron chi connectivity index (χ1n) is 11.3. The fourth-order valence-electron chi connectivity index (χ4n) is 3.82. The van der Waals surface area contributed by atoms with Crippen molar-refractivity contribution in [2.75, 3.05) is 86.3 Å². The molecule has 0 atom stereocenters. The van der Waals surface area contributed by atoms with E-state index in [1.54, 1.807) is 7.11 Å². The SMILES string of the molecule is CCNC(=NCCCCN1CCN(C)CC1)N1CCC(OCCCOC)CC1. The second-order valence-electron chi connectivity index (χ2n) is 7.99. The molecule has 0 amide bonds. The molecule has 2 rings (SSSR count). The molecule has 7 heteroatoms. The summed E-state index contributed by atoms with van der Waals surface area (Å²) >= 11 is 0. The minimum atomic E-state index is 0.388. The molecule has 2 fully saturated rings. The fraction of sp³-hybridized carbons (Fsp3) is 0.952. The molecule has 2 aliphatic heterocycles. The number of aliphatic imine (C=N–C) groups is 1. The molecule has 2 aliphatic rings. The molecule has 164 valence electrons. The van der Waals surface area contributed by atoms with Crippen molar-refractivity contribution in [1.29, 1.82) is 0 Å². The number of nitrogens with one attached hydrogen (secondary N) is 1.